The first-order chi connectivity index (χ1) is 10.2. The van der Waals surface area contributed by atoms with Crippen LogP contribution in [0.2, 0.25) is 0 Å². The van der Waals surface area contributed by atoms with E-state index in [0.717, 1.165) is 17.7 Å². The van der Waals surface area contributed by atoms with Crippen molar-refractivity contribution < 1.29 is 4.79 Å². The quantitative estimate of drug-likeness (QED) is 0.842. The number of amides is 1. The zero-order chi connectivity index (χ0) is 15.1. The summed E-state index contributed by atoms with van der Waals surface area (Å²) >= 11 is 2.00. The molecule has 21 heavy (non-hydrogen) atoms. The van der Waals surface area contributed by atoms with Gasteiger partial charge in [-0.15, -0.1) is 0 Å². The van der Waals surface area contributed by atoms with Crippen molar-refractivity contribution in [1.82, 2.24) is 5.32 Å². The highest BCUT2D eigenvalue weighted by Crippen LogP contribution is 2.22. The first kappa shape index (κ1) is 15.9. The molecular weight excluding hydrogens is 280 g/mol. The third-order valence-electron chi connectivity index (χ3n) is 3.71. The molecule has 112 valence electrons. The molecule has 1 aliphatic rings. The van der Waals surface area contributed by atoms with Gasteiger partial charge in [0.2, 0.25) is 0 Å². The molecule has 4 heteroatoms. The van der Waals surface area contributed by atoms with Gasteiger partial charge in [-0.3, -0.25) is 4.79 Å². The van der Waals surface area contributed by atoms with E-state index >= 15 is 0 Å². The summed E-state index contributed by atoms with van der Waals surface area (Å²) in [5.74, 6) is 8.92. The average Bonchev–Trinajstić information content (AvgIpc) is 2.52. The summed E-state index contributed by atoms with van der Waals surface area (Å²) in [5.41, 5.74) is 8.02. The summed E-state index contributed by atoms with van der Waals surface area (Å²) in [6.07, 6.45) is 2.41. The predicted molar refractivity (Wildman–Crippen MR) is 89.5 cm³/mol. The lowest BCUT2D eigenvalue weighted by atomic mass is 10.0. The molecule has 0 atom stereocenters. The third-order valence-corrected chi connectivity index (χ3v) is 4.75. The Morgan fingerprint density at radius 1 is 1.43 bits per heavy atom. The lowest BCUT2D eigenvalue weighted by Crippen LogP contribution is -2.31. The van der Waals surface area contributed by atoms with Gasteiger partial charge in [0.15, 0.2) is 0 Å². The molecule has 3 nitrogen and oxygen atoms in total. The minimum Gasteiger partial charge on any atom is -0.352 e. The fourth-order valence-electron chi connectivity index (χ4n) is 2.38. The van der Waals surface area contributed by atoms with Gasteiger partial charge in [0.1, 0.15) is 0 Å². The molecule has 1 fully saturated rings. The number of nitrogens with two attached hydrogens (primary N) is 1. The first-order valence-corrected chi connectivity index (χ1v) is 8.51. The van der Waals surface area contributed by atoms with Crippen LogP contribution in [-0.2, 0) is 0 Å². The Hall–Kier alpha value is -1.44. The molecule has 1 amide bonds. The van der Waals surface area contributed by atoms with Gasteiger partial charge in [0.05, 0.1) is 6.54 Å². The lowest BCUT2D eigenvalue weighted by molar-refractivity contribution is 0.0946. The molecule has 1 aromatic carbocycles. The molecule has 0 unspecified atom stereocenters. The molecule has 0 bridgehead atoms. The highest BCUT2D eigenvalue weighted by Gasteiger charge is 2.15. The van der Waals surface area contributed by atoms with Crippen LogP contribution in [0.5, 0.6) is 0 Å². The zero-order valence-corrected chi connectivity index (χ0v) is 13.3. The van der Waals surface area contributed by atoms with E-state index in [1.165, 1.54) is 24.3 Å². The van der Waals surface area contributed by atoms with Gasteiger partial charge in [-0.25, -0.2) is 0 Å². The standard InChI is InChI=1S/C17H22N2OS/c1-13-11-16(5-4-15(13)3-2-8-18)17(20)19-12-14-6-9-21-10-7-14/h4-5,11,14H,6-10,12,18H2,1H3,(H,19,20). The number of hydrogen-bond acceptors (Lipinski definition) is 3. The Kier molecular flexibility index (Phi) is 6.16. The van der Waals surface area contributed by atoms with Crippen LogP contribution in [0, 0.1) is 24.7 Å². The minimum atomic E-state index is 0.00894. The Morgan fingerprint density at radius 3 is 2.86 bits per heavy atom. The Balaban J connectivity index is 1.94. The van der Waals surface area contributed by atoms with Gasteiger partial charge >= 0.3 is 0 Å². The van der Waals surface area contributed by atoms with E-state index in [-0.39, 0.29) is 5.91 Å². The smallest absolute Gasteiger partial charge is 0.251 e. The molecule has 2 rings (SSSR count). The molecule has 3 N–H and O–H groups in total. The molecule has 0 saturated carbocycles. The number of nitrogens with one attached hydrogen (secondary N) is 1. The van der Waals surface area contributed by atoms with E-state index in [1.54, 1.807) is 0 Å². The summed E-state index contributed by atoms with van der Waals surface area (Å²) in [6.45, 7) is 3.10. The maximum atomic E-state index is 12.2. The van der Waals surface area contributed by atoms with Crippen LogP contribution >= 0.6 is 11.8 Å². The molecule has 1 aliphatic heterocycles. The normalized spacial score (nSPS) is 15.1. The van der Waals surface area contributed by atoms with Gasteiger partial charge in [-0.05, 0) is 61.0 Å². The van der Waals surface area contributed by atoms with Crippen LogP contribution in [0.25, 0.3) is 0 Å². The number of carbonyl (C=O) groups excluding carboxylic acids is 1. The van der Waals surface area contributed by atoms with Crippen molar-refractivity contribution in [3.05, 3.63) is 34.9 Å². The van der Waals surface area contributed by atoms with Crippen molar-refractivity contribution in [2.24, 2.45) is 11.7 Å². The fourth-order valence-corrected chi connectivity index (χ4v) is 3.59. The number of rotatable bonds is 3. The summed E-state index contributed by atoms with van der Waals surface area (Å²) in [6, 6.07) is 5.62. The highest BCUT2D eigenvalue weighted by atomic mass is 32.2. The van der Waals surface area contributed by atoms with Gasteiger partial charge < -0.3 is 11.1 Å². The van der Waals surface area contributed by atoms with Crippen molar-refractivity contribution >= 4 is 17.7 Å². The molecule has 1 heterocycles. The Labute approximate surface area is 131 Å². The number of benzene rings is 1. The topological polar surface area (TPSA) is 55.1 Å². The maximum Gasteiger partial charge on any atom is 0.251 e. The van der Waals surface area contributed by atoms with Crippen LogP contribution in [0.1, 0.15) is 34.3 Å². The van der Waals surface area contributed by atoms with Crippen LogP contribution in [-0.4, -0.2) is 30.5 Å². The Bertz CT molecular complexity index is 554. The monoisotopic (exact) mass is 302 g/mol. The molecular formula is C17H22N2OS. The highest BCUT2D eigenvalue weighted by molar-refractivity contribution is 7.99. The van der Waals surface area contributed by atoms with Crippen molar-refractivity contribution in [2.45, 2.75) is 19.8 Å². The fraction of sp³-hybridized carbons (Fsp3) is 0.471. The first-order valence-electron chi connectivity index (χ1n) is 7.36. The molecule has 1 aromatic rings. The van der Waals surface area contributed by atoms with E-state index in [1.807, 2.05) is 36.9 Å². The number of aryl methyl sites for hydroxylation is 1. The van der Waals surface area contributed by atoms with Crippen LogP contribution < -0.4 is 11.1 Å². The molecule has 1 saturated heterocycles. The second kappa shape index (κ2) is 8.11. The summed E-state index contributed by atoms with van der Waals surface area (Å²) in [7, 11) is 0. The van der Waals surface area contributed by atoms with Crippen LogP contribution in [0.4, 0.5) is 0 Å². The number of carbonyl (C=O) groups is 1. The van der Waals surface area contributed by atoms with E-state index in [4.69, 9.17) is 5.73 Å². The van der Waals surface area contributed by atoms with Crippen molar-refractivity contribution in [3.63, 3.8) is 0 Å². The largest absolute Gasteiger partial charge is 0.352 e. The second-order valence-corrected chi connectivity index (χ2v) is 6.53. The van der Waals surface area contributed by atoms with Gasteiger partial charge in [-0.1, -0.05) is 11.8 Å². The predicted octanol–water partition coefficient (Wildman–Crippen LogP) is 2.18. The van der Waals surface area contributed by atoms with E-state index in [9.17, 15) is 4.79 Å². The van der Waals surface area contributed by atoms with E-state index in [0.29, 0.717) is 18.0 Å². The van der Waals surface area contributed by atoms with Crippen molar-refractivity contribution in [3.8, 4) is 11.8 Å². The van der Waals surface area contributed by atoms with Crippen molar-refractivity contribution in [2.75, 3.05) is 24.6 Å². The SMILES string of the molecule is Cc1cc(C(=O)NCC2CCSCC2)ccc1C#CCN. The van der Waals surface area contributed by atoms with Gasteiger partial charge in [-0.2, -0.15) is 11.8 Å². The van der Waals surface area contributed by atoms with Crippen LogP contribution in [0.15, 0.2) is 18.2 Å². The van der Waals surface area contributed by atoms with E-state index in [2.05, 4.69) is 17.2 Å². The third kappa shape index (κ3) is 4.80. The molecule has 0 spiro atoms. The number of thioether (sulfide) groups is 1. The van der Waals surface area contributed by atoms with Gasteiger partial charge in [0, 0.05) is 17.7 Å². The van der Waals surface area contributed by atoms with E-state index < -0.39 is 0 Å². The average molecular weight is 302 g/mol. The summed E-state index contributed by atoms with van der Waals surface area (Å²) < 4.78 is 0. The summed E-state index contributed by atoms with van der Waals surface area (Å²) in [5, 5.41) is 3.05. The lowest BCUT2D eigenvalue weighted by Gasteiger charge is -2.21. The maximum absolute atomic E-state index is 12.2. The van der Waals surface area contributed by atoms with Crippen LogP contribution in [0.3, 0.4) is 0 Å². The zero-order valence-electron chi connectivity index (χ0n) is 12.4. The summed E-state index contributed by atoms with van der Waals surface area (Å²) in [4.78, 5) is 12.2. The van der Waals surface area contributed by atoms with Gasteiger partial charge in [0.25, 0.3) is 5.91 Å². The molecule has 0 aromatic heterocycles. The number of hydrogen-bond donors (Lipinski definition) is 2. The molecule has 0 radical (unpaired) electrons. The second-order valence-electron chi connectivity index (χ2n) is 5.30. The van der Waals surface area contributed by atoms with Crippen molar-refractivity contribution in [1.29, 1.82) is 0 Å². The Morgan fingerprint density at radius 2 is 2.19 bits per heavy atom. The molecule has 0 aliphatic carbocycles. The minimum absolute atomic E-state index is 0.00894.